The molecule has 0 bridgehead atoms. The van der Waals surface area contributed by atoms with Crippen LogP contribution in [0.4, 0.5) is 16.2 Å². The fourth-order valence-corrected chi connectivity index (χ4v) is 5.67. The van der Waals surface area contributed by atoms with Gasteiger partial charge in [-0.15, -0.1) is 0 Å². The molecule has 0 radical (unpaired) electrons. The molecular weight excluding hydrogens is 440 g/mol. The molecule has 0 atom stereocenters. The van der Waals surface area contributed by atoms with E-state index in [1.54, 1.807) is 47.6 Å². The molecule has 9 heteroatoms. The van der Waals surface area contributed by atoms with Crippen LogP contribution in [0.15, 0.2) is 47.4 Å². The van der Waals surface area contributed by atoms with E-state index in [2.05, 4.69) is 16.0 Å². The Labute approximate surface area is 194 Å². The van der Waals surface area contributed by atoms with Crippen LogP contribution in [0.3, 0.4) is 0 Å². The maximum absolute atomic E-state index is 13.3. The lowest BCUT2D eigenvalue weighted by molar-refractivity contribution is 0.102. The summed E-state index contributed by atoms with van der Waals surface area (Å²) in [5.74, 6) is -0.386. The minimum Gasteiger partial charge on any atom is -0.335 e. The van der Waals surface area contributed by atoms with Crippen LogP contribution in [0.25, 0.3) is 0 Å². The highest BCUT2D eigenvalue weighted by Gasteiger charge is 2.27. The van der Waals surface area contributed by atoms with Gasteiger partial charge in [0.2, 0.25) is 10.0 Å². The fourth-order valence-electron chi connectivity index (χ4n) is 3.90. The second-order valence-corrected chi connectivity index (χ2v) is 10.6. The zero-order valence-electron chi connectivity index (χ0n) is 18.8. The average molecular weight is 471 g/mol. The Bertz CT molecular complexity index is 1140. The number of hydrogen-bond acceptors (Lipinski definition) is 4. The summed E-state index contributed by atoms with van der Waals surface area (Å²) in [6.07, 6.45) is 5.77. The smallest absolute Gasteiger partial charge is 0.319 e. The van der Waals surface area contributed by atoms with Gasteiger partial charge in [0.25, 0.3) is 5.91 Å². The van der Waals surface area contributed by atoms with Crippen molar-refractivity contribution >= 4 is 33.3 Å². The largest absolute Gasteiger partial charge is 0.335 e. The summed E-state index contributed by atoms with van der Waals surface area (Å²) < 4.78 is 28.1. The van der Waals surface area contributed by atoms with Crippen molar-refractivity contribution in [2.75, 3.05) is 23.7 Å². The minimum absolute atomic E-state index is 0.217. The van der Waals surface area contributed by atoms with Gasteiger partial charge in [-0.05, 0) is 68.5 Å². The normalized spacial score (nSPS) is 17.1. The monoisotopic (exact) mass is 470 g/mol. The van der Waals surface area contributed by atoms with Crippen LogP contribution in [0.5, 0.6) is 0 Å². The molecule has 3 N–H and O–H groups in total. The Hall–Kier alpha value is -2.91. The third-order valence-corrected chi connectivity index (χ3v) is 7.96. The molecule has 0 spiro atoms. The first-order chi connectivity index (χ1) is 15.8. The van der Waals surface area contributed by atoms with Crippen molar-refractivity contribution in [2.45, 2.75) is 56.4 Å². The third kappa shape index (κ3) is 5.91. The standard InChI is InChI=1S/C24H30N4O4S/c1-17-9-10-21(16-22(17)33(31,32)28-13-4-2-3-5-14-28)25-23(29)18-7-6-8-20(15-18)27-24(30)26-19-11-12-19/h6-10,15-16,19H,2-5,11-14H2,1H3,(H,25,29)(H2,26,27,30). The van der Waals surface area contributed by atoms with E-state index in [0.717, 1.165) is 38.5 Å². The molecule has 1 saturated heterocycles. The van der Waals surface area contributed by atoms with Gasteiger partial charge in [0, 0.05) is 36.1 Å². The van der Waals surface area contributed by atoms with Gasteiger partial charge in [-0.2, -0.15) is 4.31 Å². The number of nitrogens with zero attached hydrogens (tertiary/aromatic N) is 1. The molecule has 2 aromatic carbocycles. The minimum atomic E-state index is -3.64. The molecule has 0 aromatic heterocycles. The quantitative estimate of drug-likeness (QED) is 0.591. The second kappa shape index (κ2) is 9.93. The number of amides is 3. The van der Waals surface area contributed by atoms with Crippen LogP contribution >= 0.6 is 0 Å². The number of carbonyl (C=O) groups is 2. The van der Waals surface area contributed by atoms with Crippen molar-refractivity contribution in [1.82, 2.24) is 9.62 Å². The summed E-state index contributed by atoms with van der Waals surface area (Å²) in [5, 5.41) is 8.36. The van der Waals surface area contributed by atoms with E-state index in [-0.39, 0.29) is 22.9 Å². The number of benzene rings is 2. The van der Waals surface area contributed by atoms with Crippen LogP contribution < -0.4 is 16.0 Å². The molecule has 1 heterocycles. The molecule has 33 heavy (non-hydrogen) atoms. The molecule has 8 nitrogen and oxygen atoms in total. The van der Waals surface area contributed by atoms with Crippen LogP contribution in [0.1, 0.15) is 54.4 Å². The molecular formula is C24H30N4O4S. The molecule has 2 aromatic rings. The summed E-state index contributed by atoms with van der Waals surface area (Å²) in [6, 6.07) is 11.5. The van der Waals surface area contributed by atoms with Crippen molar-refractivity contribution < 1.29 is 18.0 Å². The third-order valence-electron chi connectivity index (χ3n) is 5.92. The van der Waals surface area contributed by atoms with Gasteiger partial charge in [0.05, 0.1) is 4.90 Å². The topological polar surface area (TPSA) is 108 Å². The van der Waals surface area contributed by atoms with Crippen molar-refractivity contribution in [3.05, 3.63) is 53.6 Å². The summed E-state index contributed by atoms with van der Waals surface area (Å²) in [5.41, 5.74) is 1.92. The van der Waals surface area contributed by atoms with Gasteiger partial charge < -0.3 is 16.0 Å². The Morgan fingerprint density at radius 2 is 1.61 bits per heavy atom. The zero-order chi connectivity index (χ0) is 23.4. The van der Waals surface area contributed by atoms with Crippen molar-refractivity contribution in [2.24, 2.45) is 0 Å². The van der Waals surface area contributed by atoms with E-state index in [1.165, 1.54) is 6.07 Å². The van der Waals surface area contributed by atoms with Crippen LogP contribution in [-0.2, 0) is 10.0 Å². The molecule has 1 saturated carbocycles. The number of nitrogens with one attached hydrogen (secondary N) is 3. The lowest BCUT2D eigenvalue weighted by atomic mass is 10.1. The first kappa shape index (κ1) is 23.3. The predicted octanol–water partition coefficient (Wildman–Crippen LogP) is 4.10. The number of rotatable bonds is 6. The number of anilines is 2. The molecule has 176 valence electrons. The maximum atomic E-state index is 13.3. The van der Waals surface area contributed by atoms with E-state index < -0.39 is 10.0 Å². The van der Waals surface area contributed by atoms with Crippen LogP contribution in [-0.4, -0.2) is 43.8 Å². The van der Waals surface area contributed by atoms with Crippen LogP contribution in [0.2, 0.25) is 0 Å². The number of urea groups is 1. The highest BCUT2D eigenvalue weighted by molar-refractivity contribution is 7.89. The fraction of sp³-hybridized carbons (Fsp3) is 0.417. The van der Waals surface area contributed by atoms with Gasteiger partial charge in [0.15, 0.2) is 0 Å². The Morgan fingerprint density at radius 3 is 2.30 bits per heavy atom. The highest BCUT2D eigenvalue weighted by atomic mass is 32.2. The van der Waals surface area contributed by atoms with E-state index >= 15 is 0 Å². The first-order valence-electron chi connectivity index (χ1n) is 11.4. The molecule has 2 aliphatic rings. The highest BCUT2D eigenvalue weighted by Crippen LogP contribution is 2.26. The van der Waals surface area contributed by atoms with Crippen molar-refractivity contribution in [3.8, 4) is 0 Å². The summed E-state index contributed by atoms with van der Waals surface area (Å²) in [6.45, 7) is 2.80. The SMILES string of the molecule is Cc1ccc(NC(=O)c2cccc(NC(=O)NC3CC3)c2)cc1S(=O)(=O)N1CCCCCC1. The Morgan fingerprint density at radius 1 is 0.909 bits per heavy atom. The van der Waals surface area contributed by atoms with Gasteiger partial charge in [-0.1, -0.05) is 25.0 Å². The maximum Gasteiger partial charge on any atom is 0.319 e. The number of aryl methyl sites for hydroxylation is 1. The lowest BCUT2D eigenvalue weighted by Crippen LogP contribution is -2.32. The van der Waals surface area contributed by atoms with E-state index in [1.807, 2.05) is 0 Å². The molecule has 2 fully saturated rings. The van der Waals surface area contributed by atoms with Crippen LogP contribution in [0, 0.1) is 6.92 Å². The lowest BCUT2D eigenvalue weighted by Gasteiger charge is -2.21. The Kier molecular flexibility index (Phi) is 6.99. The van der Waals surface area contributed by atoms with E-state index in [9.17, 15) is 18.0 Å². The van der Waals surface area contributed by atoms with E-state index in [0.29, 0.717) is 35.6 Å². The first-order valence-corrected chi connectivity index (χ1v) is 12.9. The zero-order valence-corrected chi connectivity index (χ0v) is 19.6. The molecule has 1 aliphatic heterocycles. The van der Waals surface area contributed by atoms with Gasteiger partial charge in [0.1, 0.15) is 0 Å². The molecule has 1 aliphatic carbocycles. The molecule has 3 amide bonds. The van der Waals surface area contributed by atoms with Gasteiger partial charge >= 0.3 is 6.03 Å². The molecule has 0 unspecified atom stereocenters. The Balaban J connectivity index is 1.48. The van der Waals surface area contributed by atoms with Gasteiger partial charge in [-0.3, -0.25) is 4.79 Å². The second-order valence-electron chi connectivity index (χ2n) is 8.71. The molecule has 4 rings (SSSR count). The summed E-state index contributed by atoms with van der Waals surface area (Å²) in [4.78, 5) is 25.0. The number of sulfonamides is 1. The average Bonchev–Trinajstić information content (AvgIpc) is 3.62. The van der Waals surface area contributed by atoms with E-state index in [4.69, 9.17) is 0 Å². The number of carbonyl (C=O) groups excluding carboxylic acids is 2. The van der Waals surface area contributed by atoms with Crippen molar-refractivity contribution in [1.29, 1.82) is 0 Å². The summed E-state index contributed by atoms with van der Waals surface area (Å²) in [7, 11) is -3.64. The summed E-state index contributed by atoms with van der Waals surface area (Å²) >= 11 is 0. The van der Waals surface area contributed by atoms with Gasteiger partial charge in [-0.25, -0.2) is 13.2 Å². The number of hydrogen-bond donors (Lipinski definition) is 3. The van der Waals surface area contributed by atoms with Crippen molar-refractivity contribution in [3.63, 3.8) is 0 Å². The predicted molar refractivity (Wildman–Crippen MR) is 128 cm³/mol.